The molecule has 0 radical (unpaired) electrons. The zero-order chi connectivity index (χ0) is 15.5. The van der Waals surface area contributed by atoms with E-state index in [9.17, 15) is 12.8 Å². The number of nitrogens with one attached hydrogen (secondary N) is 2. The highest BCUT2D eigenvalue weighted by atomic mass is 32.2. The van der Waals surface area contributed by atoms with Crippen molar-refractivity contribution < 1.29 is 12.8 Å². The van der Waals surface area contributed by atoms with Gasteiger partial charge in [0.2, 0.25) is 10.0 Å². The maximum atomic E-state index is 13.4. The van der Waals surface area contributed by atoms with Crippen molar-refractivity contribution >= 4 is 21.5 Å². The van der Waals surface area contributed by atoms with Gasteiger partial charge in [-0.05, 0) is 23.8 Å². The lowest BCUT2D eigenvalue weighted by molar-refractivity contribution is 0.600. The molecule has 2 aromatic carbocycles. The molecule has 7 heteroatoms. The Labute approximate surface area is 122 Å². The van der Waals surface area contributed by atoms with Gasteiger partial charge in [0.15, 0.2) is 0 Å². The number of halogens is 1. The highest BCUT2D eigenvalue weighted by molar-refractivity contribution is 7.91. The molecule has 0 saturated carbocycles. The highest BCUT2D eigenvalue weighted by Gasteiger charge is 2.13. The zero-order valence-electron chi connectivity index (χ0n) is 11.0. The summed E-state index contributed by atoms with van der Waals surface area (Å²) in [7, 11) is -3.63. The maximum absolute atomic E-state index is 13.4. The SMILES string of the molecule is N=C(N)c1cc(NS(=O)(=O)Cc2ccccc2)ccc1F. The predicted molar refractivity (Wildman–Crippen MR) is 80.1 cm³/mol. The molecule has 0 bridgehead atoms. The van der Waals surface area contributed by atoms with Gasteiger partial charge in [0.1, 0.15) is 11.7 Å². The average Bonchev–Trinajstić information content (AvgIpc) is 2.41. The summed E-state index contributed by atoms with van der Waals surface area (Å²) in [6.45, 7) is 0. The van der Waals surface area contributed by atoms with Gasteiger partial charge < -0.3 is 5.73 Å². The third kappa shape index (κ3) is 4.03. The van der Waals surface area contributed by atoms with Crippen molar-refractivity contribution in [3.8, 4) is 0 Å². The van der Waals surface area contributed by atoms with Gasteiger partial charge in [-0.15, -0.1) is 0 Å². The molecule has 4 N–H and O–H groups in total. The van der Waals surface area contributed by atoms with Crippen LogP contribution in [0.5, 0.6) is 0 Å². The van der Waals surface area contributed by atoms with Crippen molar-refractivity contribution in [2.24, 2.45) is 5.73 Å². The normalized spacial score (nSPS) is 11.1. The van der Waals surface area contributed by atoms with Crippen LogP contribution in [0.15, 0.2) is 48.5 Å². The van der Waals surface area contributed by atoms with Crippen LogP contribution in [0.2, 0.25) is 0 Å². The van der Waals surface area contributed by atoms with Crippen molar-refractivity contribution in [3.63, 3.8) is 0 Å². The summed E-state index contributed by atoms with van der Waals surface area (Å²) in [5.74, 6) is -1.33. The first-order valence-electron chi connectivity index (χ1n) is 6.06. The molecule has 0 aromatic heterocycles. The van der Waals surface area contributed by atoms with E-state index in [0.717, 1.165) is 6.07 Å². The van der Waals surface area contributed by atoms with Crippen molar-refractivity contribution in [2.45, 2.75) is 5.75 Å². The summed E-state index contributed by atoms with van der Waals surface area (Å²) in [6.07, 6.45) is 0. The first kappa shape index (κ1) is 15.0. The number of amidine groups is 1. The van der Waals surface area contributed by atoms with E-state index in [1.807, 2.05) is 0 Å². The molecule has 0 aliphatic carbocycles. The fraction of sp³-hybridized carbons (Fsp3) is 0.0714. The summed E-state index contributed by atoms with van der Waals surface area (Å²) in [5, 5.41) is 7.24. The first-order valence-corrected chi connectivity index (χ1v) is 7.71. The smallest absolute Gasteiger partial charge is 0.236 e. The van der Waals surface area contributed by atoms with E-state index in [1.54, 1.807) is 30.3 Å². The van der Waals surface area contributed by atoms with E-state index in [2.05, 4.69) is 4.72 Å². The predicted octanol–water partition coefficient (Wildman–Crippen LogP) is 2.05. The third-order valence-corrected chi connectivity index (χ3v) is 3.99. The van der Waals surface area contributed by atoms with Gasteiger partial charge in [0, 0.05) is 5.69 Å². The Morgan fingerprint density at radius 3 is 2.48 bits per heavy atom. The fourth-order valence-corrected chi connectivity index (χ4v) is 2.99. The van der Waals surface area contributed by atoms with Crippen LogP contribution in [0.4, 0.5) is 10.1 Å². The van der Waals surface area contributed by atoms with Gasteiger partial charge in [-0.1, -0.05) is 30.3 Å². The monoisotopic (exact) mass is 307 g/mol. The Hall–Kier alpha value is -2.41. The number of nitrogens with two attached hydrogens (primary N) is 1. The molecule has 0 heterocycles. The van der Waals surface area contributed by atoms with Crippen molar-refractivity contribution in [1.82, 2.24) is 0 Å². The molecule has 0 saturated heterocycles. The number of nitrogen functional groups attached to an aromatic ring is 1. The topological polar surface area (TPSA) is 96.0 Å². The molecule has 0 spiro atoms. The molecule has 5 nitrogen and oxygen atoms in total. The second-order valence-corrected chi connectivity index (χ2v) is 6.18. The number of sulfonamides is 1. The number of hydrogen-bond acceptors (Lipinski definition) is 3. The molecule has 2 rings (SSSR count). The summed E-state index contributed by atoms with van der Waals surface area (Å²) < 4.78 is 39.8. The van der Waals surface area contributed by atoms with Crippen molar-refractivity contribution in [2.75, 3.05) is 4.72 Å². The van der Waals surface area contributed by atoms with E-state index in [4.69, 9.17) is 11.1 Å². The van der Waals surface area contributed by atoms with E-state index in [-0.39, 0.29) is 17.0 Å². The summed E-state index contributed by atoms with van der Waals surface area (Å²) in [5.41, 5.74) is 5.90. The lowest BCUT2D eigenvalue weighted by Gasteiger charge is -2.10. The molecular weight excluding hydrogens is 293 g/mol. The number of rotatable bonds is 5. The molecule has 0 aliphatic rings. The Kier molecular flexibility index (Phi) is 4.23. The van der Waals surface area contributed by atoms with Crippen LogP contribution in [0.3, 0.4) is 0 Å². The second kappa shape index (κ2) is 5.92. The first-order chi connectivity index (χ1) is 9.87. The van der Waals surface area contributed by atoms with E-state index in [0.29, 0.717) is 5.56 Å². The van der Waals surface area contributed by atoms with E-state index >= 15 is 0 Å². The molecule has 0 amide bonds. The molecule has 110 valence electrons. The van der Waals surface area contributed by atoms with Crippen LogP contribution in [0.25, 0.3) is 0 Å². The van der Waals surface area contributed by atoms with Crippen molar-refractivity contribution in [1.29, 1.82) is 5.41 Å². The average molecular weight is 307 g/mol. The molecule has 0 unspecified atom stereocenters. The lowest BCUT2D eigenvalue weighted by atomic mass is 10.2. The van der Waals surface area contributed by atoms with Crippen LogP contribution in [0, 0.1) is 11.2 Å². The molecule has 2 aromatic rings. The minimum atomic E-state index is -3.63. The number of hydrogen-bond donors (Lipinski definition) is 3. The minimum Gasteiger partial charge on any atom is -0.384 e. The Balaban J connectivity index is 2.21. The number of anilines is 1. The van der Waals surface area contributed by atoms with Gasteiger partial charge in [0.05, 0.1) is 11.3 Å². The third-order valence-electron chi connectivity index (χ3n) is 2.73. The summed E-state index contributed by atoms with van der Waals surface area (Å²) in [6, 6.07) is 12.2. The largest absolute Gasteiger partial charge is 0.384 e. The van der Waals surface area contributed by atoms with Crippen LogP contribution in [-0.2, 0) is 15.8 Å². The van der Waals surface area contributed by atoms with Gasteiger partial charge in [0.25, 0.3) is 0 Å². The molecule has 0 aliphatic heterocycles. The Bertz CT molecular complexity index is 761. The highest BCUT2D eigenvalue weighted by Crippen LogP contribution is 2.17. The molecular formula is C14H14FN3O2S. The zero-order valence-corrected chi connectivity index (χ0v) is 11.8. The summed E-state index contributed by atoms with van der Waals surface area (Å²) >= 11 is 0. The van der Waals surface area contributed by atoms with E-state index < -0.39 is 21.7 Å². The number of benzene rings is 2. The van der Waals surface area contributed by atoms with Crippen LogP contribution >= 0.6 is 0 Å². The Morgan fingerprint density at radius 2 is 1.86 bits per heavy atom. The quantitative estimate of drug-likeness (QED) is 0.582. The standard InChI is InChI=1S/C14H14FN3O2S/c15-13-7-6-11(8-12(13)14(16)17)18-21(19,20)9-10-4-2-1-3-5-10/h1-8,18H,9H2,(H3,16,17). The molecule has 0 atom stereocenters. The van der Waals surface area contributed by atoms with Crippen LogP contribution < -0.4 is 10.5 Å². The molecule has 0 fully saturated rings. The van der Waals surface area contributed by atoms with E-state index in [1.165, 1.54) is 12.1 Å². The maximum Gasteiger partial charge on any atom is 0.236 e. The van der Waals surface area contributed by atoms with Gasteiger partial charge in [-0.3, -0.25) is 10.1 Å². The second-order valence-electron chi connectivity index (χ2n) is 4.46. The minimum absolute atomic E-state index is 0.144. The molecule has 21 heavy (non-hydrogen) atoms. The van der Waals surface area contributed by atoms with Crippen LogP contribution in [0.1, 0.15) is 11.1 Å². The fourth-order valence-electron chi connectivity index (χ4n) is 1.80. The van der Waals surface area contributed by atoms with Gasteiger partial charge in [-0.25, -0.2) is 12.8 Å². The van der Waals surface area contributed by atoms with Crippen molar-refractivity contribution in [3.05, 3.63) is 65.5 Å². The Morgan fingerprint density at radius 1 is 1.19 bits per heavy atom. The van der Waals surface area contributed by atoms with Crippen LogP contribution in [-0.4, -0.2) is 14.3 Å². The van der Waals surface area contributed by atoms with Gasteiger partial charge >= 0.3 is 0 Å². The summed E-state index contributed by atoms with van der Waals surface area (Å²) in [4.78, 5) is 0. The lowest BCUT2D eigenvalue weighted by Crippen LogP contribution is -2.17. The van der Waals surface area contributed by atoms with Gasteiger partial charge in [-0.2, -0.15) is 0 Å².